The Balaban J connectivity index is 1.39. The molecule has 0 saturated carbocycles. The smallest absolute Gasteiger partial charge is 0.273 e. The SMILES string of the molecule is COc1ccc(-c2ccc(=O)n(CCNC(=O)c3cc(-c4ccccc4)on3)n2)cc1. The van der Waals surface area contributed by atoms with Gasteiger partial charge in [-0.15, -0.1) is 0 Å². The van der Waals surface area contributed by atoms with E-state index in [4.69, 9.17) is 9.26 Å². The Labute approximate surface area is 178 Å². The fraction of sp³-hybridized carbons (Fsp3) is 0.130. The topological polar surface area (TPSA) is 99.2 Å². The molecule has 0 spiro atoms. The number of aromatic nitrogens is 3. The van der Waals surface area contributed by atoms with Crippen LogP contribution in [-0.4, -0.2) is 34.5 Å². The Hall–Kier alpha value is -4.20. The van der Waals surface area contributed by atoms with Gasteiger partial charge in [0.2, 0.25) is 0 Å². The van der Waals surface area contributed by atoms with Crippen LogP contribution < -0.4 is 15.6 Å². The summed E-state index contributed by atoms with van der Waals surface area (Å²) in [6.45, 7) is 0.434. The number of ether oxygens (including phenoxy) is 1. The lowest BCUT2D eigenvalue weighted by molar-refractivity contribution is 0.0943. The van der Waals surface area contributed by atoms with Crippen molar-refractivity contribution in [3.8, 4) is 28.3 Å². The fourth-order valence-corrected chi connectivity index (χ4v) is 3.01. The third-order valence-corrected chi connectivity index (χ3v) is 4.66. The molecular weight excluding hydrogens is 396 g/mol. The summed E-state index contributed by atoms with van der Waals surface area (Å²) in [7, 11) is 1.60. The highest BCUT2D eigenvalue weighted by Crippen LogP contribution is 2.20. The average Bonchev–Trinajstić information content (AvgIpc) is 3.31. The van der Waals surface area contributed by atoms with Crippen molar-refractivity contribution in [1.82, 2.24) is 20.3 Å². The highest BCUT2D eigenvalue weighted by molar-refractivity contribution is 5.93. The molecule has 0 unspecified atom stereocenters. The third kappa shape index (κ3) is 4.69. The van der Waals surface area contributed by atoms with Crippen molar-refractivity contribution in [2.45, 2.75) is 6.54 Å². The number of benzene rings is 2. The average molecular weight is 416 g/mol. The summed E-state index contributed by atoms with van der Waals surface area (Å²) in [4.78, 5) is 24.5. The van der Waals surface area contributed by atoms with E-state index < -0.39 is 0 Å². The number of carbonyl (C=O) groups excluding carboxylic acids is 1. The maximum absolute atomic E-state index is 12.4. The first-order valence-corrected chi connectivity index (χ1v) is 9.67. The second kappa shape index (κ2) is 9.08. The van der Waals surface area contributed by atoms with Crippen LogP contribution in [-0.2, 0) is 6.54 Å². The molecule has 1 N–H and O–H groups in total. The molecule has 0 atom stereocenters. The first-order valence-electron chi connectivity index (χ1n) is 9.67. The van der Waals surface area contributed by atoms with Crippen molar-refractivity contribution >= 4 is 5.91 Å². The van der Waals surface area contributed by atoms with Crippen molar-refractivity contribution in [1.29, 1.82) is 0 Å². The first kappa shape index (κ1) is 20.1. The second-order valence-electron chi connectivity index (χ2n) is 6.71. The van der Waals surface area contributed by atoms with Crippen LogP contribution in [0.15, 0.2) is 82.1 Å². The number of nitrogens with one attached hydrogen (secondary N) is 1. The highest BCUT2D eigenvalue weighted by atomic mass is 16.5. The molecule has 2 heterocycles. The van der Waals surface area contributed by atoms with Crippen LogP contribution in [0.5, 0.6) is 5.75 Å². The van der Waals surface area contributed by atoms with Crippen molar-refractivity contribution in [3.63, 3.8) is 0 Å². The first-order chi connectivity index (χ1) is 15.1. The number of nitrogens with zero attached hydrogens (tertiary/aromatic N) is 3. The highest BCUT2D eigenvalue weighted by Gasteiger charge is 2.13. The van der Waals surface area contributed by atoms with E-state index in [1.807, 2.05) is 54.6 Å². The summed E-state index contributed by atoms with van der Waals surface area (Å²) < 4.78 is 11.7. The summed E-state index contributed by atoms with van der Waals surface area (Å²) in [6.07, 6.45) is 0. The lowest BCUT2D eigenvalue weighted by Gasteiger charge is -2.08. The van der Waals surface area contributed by atoms with Gasteiger partial charge in [0, 0.05) is 29.8 Å². The van der Waals surface area contributed by atoms with Gasteiger partial charge in [0.15, 0.2) is 11.5 Å². The molecule has 0 saturated heterocycles. The number of rotatable bonds is 7. The molecule has 8 nitrogen and oxygen atoms in total. The number of hydrogen-bond donors (Lipinski definition) is 1. The third-order valence-electron chi connectivity index (χ3n) is 4.66. The summed E-state index contributed by atoms with van der Waals surface area (Å²) in [6, 6.07) is 21.5. The number of methoxy groups -OCH3 is 1. The molecular formula is C23H20N4O4. The van der Waals surface area contributed by atoms with Crippen LogP contribution in [0.4, 0.5) is 0 Å². The quantitative estimate of drug-likeness (QED) is 0.497. The van der Waals surface area contributed by atoms with Crippen LogP contribution >= 0.6 is 0 Å². The van der Waals surface area contributed by atoms with E-state index >= 15 is 0 Å². The van der Waals surface area contributed by atoms with E-state index in [9.17, 15) is 9.59 Å². The molecule has 0 aliphatic carbocycles. The molecule has 4 aromatic rings. The number of carbonyl (C=O) groups is 1. The molecule has 4 rings (SSSR count). The van der Waals surface area contributed by atoms with Crippen LogP contribution in [0.3, 0.4) is 0 Å². The molecule has 0 bridgehead atoms. The maximum atomic E-state index is 12.4. The van der Waals surface area contributed by atoms with Crippen molar-refractivity contribution in [2.24, 2.45) is 0 Å². The second-order valence-corrected chi connectivity index (χ2v) is 6.71. The lowest BCUT2D eigenvalue weighted by Crippen LogP contribution is -2.32. The van der Waals surface area contributed by atoms with Crippen LogP contribution in [0, 0.1) is 0 Å². The lowest BCUT2D eigenvalue weighted by atomic mass is 10.1. The zero-order valence-corrected chi connectivity index (χ0v) is 16.8. The van der Waals surface area contributed by atoms with Crippen LogP contribution in [0.1, 0.15) is 10.5 Å². The Bertz CT molecular complexity index is 1230. The van der Waals surface area contributed by atoms with Crippen molar-refractivity contribution in [3.05, 3.63) is 88.8 Å². The fourth-order valence-electron chi connectivity index (χ4n) is 3.01. The molecule has 0 aliphatic heterocycles. The van der Waals surface area contributed by atoms with E-state index in [1.165, 1.54) is 10.7 Å². The molecule has 2 aromatic heterocycles. The Morgan fingerprint density at radius 3 is 2.55 bits per heavy atom. The van der Waals surface area contributed by atoms with E-state index in [-0.39, 0.29) is 30.2 Å². The van der Waals surface area contributed by atoms with E-state index in [0.29, 0.717) is 11.5 Å². The zero-order chi connectivity index (χ0) is 21.6. The zero-order valence-electron chi connectivity index (χ0n) is 16.8. The Kier molecular flexibility index (Phi) is 5.89. The number of hydrogen-bond acceptors (Lipinski definition) is 6. The molecule has 0 aliphatic rings. The van der Waals surface area contributed by atoms with Gasteiger partial charge in [0.05, 0.1) is 19.3 Å². The maximum Gasteiger partial charge on any atom is 0.273 e. The van der Waals surface area contributed by atoms with Crippen molar-refractivity contribution in [2.75, 3.05) is 13.7 Å². The van der Waals surface area contributed by atoms with Gasteiger partial charge >= 0.3 is 0 Å². The largest absolute Gasteiger partial charge is 0.497 e. The van der Waals surface area contributed by atoms with Gasteiger partial charge in [-0.2, -0.15) is 5.10 Å². The molecule has 1 amide bonds. The van der Waals surface area contributed by atoms with Gasteiger partial charge < -0.3 is 14.6 Å². The molecule has 0 radical (unpaired) electrons. The van der Waals surface area contributed by atoms with Gasteiger partial charge in [-0.3, -0.25) is 9.59 Å². The van der Waals surface area contributed by atoms with E-state index in [2.05, 4.69) is 15.6 Å². The molecule has 156 valence electrons. The Morgan fingerprint density at radius 1 is 1.03 bits per heavy atom. The van der Waals surface area contributed by atoms with Gasteiger partial charge in [-0.05, 0) is 30.3 Å². The summed E-state index contributed by atoms with van der Waals surface area (Å²) in [5.41, 5.74) is 2.26. The van der Waals surface area contributed by atoms with E-state index in [1.54, 1.807) is 19.2 Å². The molecule has 8 heteroatoms. The van der Waals surface area contributed by atoms with E-state index in [0.717, 1.165) is 16.9 Å². The predicted molar refractivity (Wildman–Crippen MR) is 115 cm³/mol. The predicted octanol–water partition coefficient (Wildman–Crippen LogP) is 3.00. The minimum Gasteiger partial charge on any atom is -0.497 e. The van der Waals surface area contributed by atoms with Crippen LogP contribution in [0.2, 0.25) is 0 Å². The van der Waals surface area contributed by atoms with Crippen molar-refractivity contribution < 1.29 is 14.1 Å². The molecule has 0 fully saturated rings. The summed E-state index contributed by atoms with van der Waals surface area (Å²) in [5, 5.41) is 10.9. The van der Waals surface area contributed by atoms with Gasteiger partial charge in [-0.25, -0.2) is 4.68 Å². The molecule has 2 aromatic carbocycles. The normalized spacial score (nSPS) is 10.6. The standard InChI is InChI=1S/C23H20N4O4/c1-30-18-9-7-16(8-10-18)19-11-12-22(28)27(25-19)14-13-24-23(29)20-15-21(31-26-20)17-5-3-2-4-6-17/h2-12,15H,13-14H2,1H3,(H,24,29). The minimum absolute atomic E-state index is 0.172. The van der Waals surface area contributed by atoms with Gasteiger partial charge in [0.25, 0.3) is 11.5 Å². The van der Waals surface area contributed by atoms with Gasteiger partial charge in [0.1, 0.15) is 5.75 Å². The monoisotopic (exact) mass is 416 g/mol. The van der Waals surface area contributed by atoms with Gasteiger partial charge in [-0.1, -0.05) is 35.5 Å². The minimum atomic E-state index is -0.384. The summed E-state index contributed by atoms with van der Waals surface area (Å²) >= 11 is 0. The summed E-state index contributed by atoms with van der Waals surface area (Å²) in [5.74, 6) is 0.865. The molecule has 31 heavy (non-hydrogen) atoms. The number of amides is 1. The Morgan fingerprint density at radius 2 is 1.81 bits per heavy atom. The van der Waals surface area contributed by atoms with Crippen LogP contribution in [0.25, 0.3) is 22.6 Å².